The van der Waals surface area contributed by atoms with Crippen molar-refractivity contribution in [2.75, 3.05) is 0 Å². The van der Waals surface area contributed by atoms with Gasteiger partial charge >= 0.3 is 0 Å². The molecule has 0 heterocycles. The Bertz CT molecular complexity index is 170. The second-order valence-electron chi connectivity index (χ2n) is 2.10. The third-order valence-electron chi connectivity index (χ3n) is 1.34. The van der Waals surface area contributed by atoms with Gasteiger partial charge in [0.2, 0.25) is 0 Å². The Balaban J connectivity index is 2.58. The number of carbonyl (C=O) groups is 1. The van der Waals surface area contributed by atoms with Crippen LogP contribution in [0.25, 0.3) is 0 Å². The highest BCUT2D eigenvalue weighted by Crippen LogP contribution is 2.10. The Morgan fingerprint density at radius 2 is 2.56 bits per heavy atom. The summed E-state index contributed by atoms with van der Waals surface area (Å²) < 4.78 is 0. The van der Waals surface area contributed by atoms with E-state index in [1.165, 1.54) is 0 Å². The smallest absolute Gasteiger partial charge is 0.127 e. The zero-order valence-corrected chi connectivity index (χ0v) is 5.08. The molecule has 0 bridgehead atoms. The topological polar surface area (TPSA) is 43.1 Å². The third kappa shape index (κ3) is 1.42. The number of nitrogens with two attached hydrogens (primary N) is 1. The molecular formula is C7H9NO. The van der Waals surface area contributed by atoms with E-state index in [9.17, 15) is 4.79 Å². The Morgan fingerprint density at radius 1 is 1.78 bits per heavy atom. The first kappa shape index (κ1) is 6.08. The standard InChI is InChI=1S/C7H9NO/c8-7-3-1-6(5-9)2-4-7/h1,3-6H,2,8H2. The van der Waals surface area contributed by atoms with Gasteiger partial charge in [0.15, 0.2) is 0 Å². The van der Waals surface area contributed by atoms with Crippen molar-refractivity contribution >= 4 is 6.29 Å². The second kappa shape index (κ2) is 2.49. The fraction of sp³-hybridized carbons (Fsp3) is 0.286. The molecule has 2 nitrogen and oxygen atoms in total. The quantitative estimate of drug-likeness (QED) is 0.519. The van der Waals surface area contributed by atoms with E-state index in [0.717, 1.165) is 18.4 Å². The number of allylic oxidation sites excluding steroid dienone is 3. The van der Waals surface area contributed by atoms with Crippen LogP contribution >= 0.6 is 0 Å². The van der Waals surface area contributed by atoms with Crippen molar-refractivity contribution in [1.29, 1.82) is 0 Å². The highest BCUT2D eigenvalue weighted by molar-refractivity contribution is 5.58. The van der Waals surface area contributed by atoms with Crippen LogP contribution in [0.5, 0.6) is 0 Å². The molecule has 0 amide bonds. The molecule has 0 aromatic carbocycles. The lowest BCUT2D eigenvalue weighted by atomic mass is 10.0. The van der Waals surface area contributed by atoms with Gasteiger partial charge in [0.1, 0.15) is 6.29 Å². The molecule has 1 atom stereocenters. The van der Waals surface area contributed by atoms with Gasteiger partial charge in [0.25, 0.3) is 0 Å². The highest BCUT2D eigenvalue weighted by atomic mass is 16.1. The van der Waals surface area contributed by atoms with Gasteiger partial charge < -0.3 is 10.5 Å². The summed E-state index contributed by atoms with van der Waals surface area (Å²) in [6, 6.07) is 0. The average Bonchev–Trinajstić information content (AvgIpc) is 1.90. The fourth-order valence-electron chi connectivity index (χ4n) is 0.754. The molecule has 2 heteroatoms. The minimum atomic E-state index is 0.0531. The molecule has 0 aromatic heterocycles. The lowest BCUT2D eigenvalue weighted by Crippen LogP contribution is -2.04. The predicted molar refractivity (Wildman–Crippen MR) is 35.6 cm³/mol. The van der Waals surface area contributed by atoms with Crippen LogP contribution in [0.1, 0.15) is 6.42 Å². The van der Waals surface area contributed by atoms with Gasteiger partial charge in [-0.25, -0.2) is 0 Å². The zero-order chi connectivity index (χ0) is 6.69. The minimum Gasteiger partial charge on any atom is -0.399 e. The number of hydrogen-bond acceptors (Lipinski definition) is 2. The molecule has 0 aliphatic heterocycles. The second-order valence-corrected chi connectivity index (χ2v) is 2.10. The Kier molecular flexibility index (Phi) is 1.68. The first-order valence-electron chi connectivity index (χ1n) is 2.92. The van der Waals surface area contributed by atoms with Crippen LogP contribution < -0.4 is 5.73 Å². The van der Waals surface area contributed by atoms with Crippen LogP contribution in [-0.4, -0.2) is 6.29 Å². The summed E-state index contributed by atoms with van der Waals surface area (Å²) in [7, 11) is 0. The fourth-order valence-corrected chi connectivity index (χ4v) is 0.754. The maximum absolute atomic E-state index is 10.1. The van der Waals surface area contributed by atoms with E-state index >= 15 is 0 Å². The molecule has 1 aliphatic rings. The summed E-state index contributed by atoms with van der Waals surface area (Å²) in [5.41, 5.74) is 6.17. The molecule has 1 aliphatic carbocycles. The van der Waals surface area contributed by atoms with Gasteiger partial charge in [-0.2, -0.15) is 0 Å². The summed E-state index contributed by atoms with van der Waals surface area (Å²) in [5, 5.41) is 0. The normalized spacial score (nSPS) is 25.3. The number of aldehydes is 1. The minimum absolute atomic E-state index is 0.0531. The zero-order valence-electron chi connectivity index (χ0n) is 5.08. The molecule has 0 fully saturated rings. The third-order valence-corrected chi connectivity index (χ3v) is 1.34. The van der Waals surface area contributed by atoms with Gasteiger partial charge in [0.05, 0.1) is 0 Å². The summed E-state index contributed by atoms with van der Waals surface area (Å²) in [5.74, 6) is 0.0531. The number of hydrogen-bond donors (Lipinski definition) is 1. The van der Waals surface area contributed by atoms with Crippen molar-refractivity contribution in [3.05, 3.63) is 23.9 Å². The van der Waals surface area contributed by atoms with Crippen molar-refractivity contribution < 1.29 is 4.79 Å². The monoisotopic (exact) mass is 123 g/mol. The first-order chi connectivity index (χ1) is 4.33. The van der Waals surface area contributed by atoms with Crippen LogP contribution in [0.2, 0.25) is 0 Å². The molecule has 0 saturated heterocycles. The number of carbonyl (C=O) groups excluding carboxylic acids is 1. The summed E-state index contributed by atoms with van der Waals surface area (Å²) in [4.78, 5) is 10.1. The molecule has 1 unspecified atom stereocenters. The van der Waals surface area contributed by atoms with Crippen molar-refractivity contribution in [3.63, 3.8) is 0 Å². The van der Waals surface area contributed by atoms with Crippen molar-refractivity contribution in [3.8, 4) is 0 Å². The van der Waals surface area contributed by atoms with E-state index in [2.05, 4.69) is 0 Å². The summed E-state index contributed by atoms with van der Waals surface area (Å²) in [6.07, 6.45) is 7.13. The summed E-state index contributed by atoms with van der Waals surface area (Å²) in [6.45, 7) is 0. The Morgan fingerprint density at radius 3 is 3.00 bits per heavy atom. The lowest BCUT2D eigenvalue weighted by Gasteiger charge is -2.05. The summed E-state index contributed by atoms with van der Waals surface area (Å²) >= 11 is 0. The van der Waals surface area contributed by atoms with Gasteiger partial charge in [-0.1, -0.05) is 12.2 Å². The van der Waals surface area contributed by atoms with Crippen molar-refractivity contribution in [1.82, 2.24) is 0 Å². The van der Waals surface area contributed by atoms with E-state index in [0.29, 0.717) is 0 Å². The Labute approximate surface area is 54.0 Å². The first-order valence-corrected chi connectivity index (χ1v) is 2.92. The average molecular weight is 123 g/mol. The Hall–Kier alpha value is -1.05. The van der Waals surface area contributed by atoms with E-state index in [-0.39, 0.29) is 5.92 Å². The van der Waals surface area contributed by atoms with Gasteiger partial charge in [-0.15, -0.1) is 0 Å². The molecule has 9 heavy (non-hydrogen) atoms. The largest absolute Gasteiger partial charge is 0.399 e. The van der Waals surface area contributed by atoms with Gasteiger partial charge in [-0.05, 0) is 12.5 Å². The molecule has 0 spiro atoms. The molecule has 2 N–H and O–H groups in total. The van der Waals surface area contributed by atoms with E-state index in [1.807, 2.05) is 12.2 Å². The molecule has 0 aromatic rings. The molecule has 0 radical (unpaired) electrons. The van der Waals surface area contributed by atoms with E-state index < -0.39 is 0 Å². The highest BCUT2D eigenvalue weighted by Gasteiger charge is 2.03. The van der Waals surface area contributed by atoms with E-state index in [1.54, 1.807) is 6.08 Å². The van der Waals surface area contributed by atoms with Crippen molar-refractivity contribution in [2.24, 2.45) is 11.7 Å². The predicted octanol–water partition coefficient (Wildman–Crippen LogP) is 0.604. The van der Waals surface area contributed by atoms with Crippen LogP contribution in [-0.2, 0) is 4.79 Å². The maximum atomic E-state index is 10.1. The molecule has 0 saturated carbocycles. The van der Waals surface area contributed by atoms with Gasteiger partial charge in [0, 0.05) is 11.6 Å². The van der Waals surface area contributed by atoms with Crippen LogP contribution in [0.15, 0.2) is 23.9 Å². The molecule has 48 valence electrons. The van der Waals surface area contributed by atoms with Crippen LogP contribution in [0.4, 0.5) is 0 Å². The molecular weight excluding hydrogens is 114 g/mol. The lowest BCUT2D eigenvalue weighted by molar-refractivity contribution is -0.109. The van der Waals surface area contributed by atoms with Crippen LogP contribution in [0.3, 0.4) is 0 Å². The number of rotatable bonds is 1. The maximum Gasteiger partial charge on any atom is 0.127 e. The molecule has 1 rings (SSSR count). The van der Waals surface area contributed by atoms with Gasteiger partial charge in [-0.3, -0.25) is 0 Å². The van der Waals surface area contributed by atoms with E-state index in [4.69, 9.17) is 5.73 Å². The SMILES string of the molecule is NC1=CCC(C=O)C=C1. The van der Waals surface area contributed by atoms with Crippen molar-refractivity contribution in [2.45, 2.75) is 6.42 Å². The van der Waals surface area contributed by atoms with Crippen LogP contribution in [0, 0.1) is 5.92 Å².